The van der Waals surface area contributed by atoms with Gasteiger partial charge in [-0.1, -0.05) is 122 Å². The van der Waals surface area contributed by atoms with Crippen LogP contribution in [0.2, 0.25) is 0 Å². The normalized spacial score (nSPS) is 17.9. The lowest BCUT2D eigenvalue weighted by molar-refractivity contribution is -0.137. The number of hydrogen-bond acceptors (Lipinski definition) is 8. The van der Waals surface area contributed by atoms with Crippen molar-refractivity contribution in [3.63, 3.8) is 0 Å². The highest BCUT2D eigenvalue weighted by atomic mass is 16.5. The molecule has 1 unspecified atom stereocenters. The fourth-order valence-corrected chi connectivity index (χ4v) is 6.87. The Bertz CT molecular complexity index is 1760. The molecule has 50 heavy (non-hydrogen) atoms. The van der Waals surface area contributed by atoms with Crippen molar-refractivity contribution < 1.29 is 19.1 Å². The van der Waals surface area contributed by atoms with Crippen LogP contribution in [0.4, 0.5) is 4.79 Å². The van der Waals surface area contributed by atoms with E-state index in [0.29, 0.717) is 25.0 Å². The molecule has 11 nitrogen and oxygen atoms in total. The predicted molar refractivity (Wildman–Crippen MR) is 191 cm³/mol. The first-order chi connectivity index (χ1) is 24.5. The maximum atomic E-state index is 14.5. The van der Waals surface area contributed by atoms with Gasteiger partial charge in [-0.2, -0.15) is 5.53 Å². The van der Waals surface area contributed by atoms with Gasteiger partial charge in [0, 0.05) is 24.2 Å². The Labute approximate surface area is 292 Å². The number of ether oxygens (including phenoxy) is 1. The lowest BCUT2D eigenvalue weighted by Crippen LogP contribution is -2.58. The Balaban J connectivity index is 1.19. The number of nitrogens with zero attached hydrogens (tertiary/aromatic N) is 2. The van der Waals surface area contributed by atoms with Gasteiger partial charge in [0.25, 0.3) is 5.91 Å². The highest BCUT2D eigenvalue weighted by molar-refractivity contribution is 5.96. The topological polar surface area (TPSA) is 148 Å². The second-order valence-corrected chi connectivity index (χ2v) is 12.7. The minimum Gasteiger partial charge on any atom is -0.449 e. The van der Waals surface area contributed by atoms with E-state index >= 15 is 0 Å². The standard InChI is InChI=1S/C39H43N7O4/c1-2-3-11-22-46(38-41-24-35(42-38)27-12-5-4-6-13-27)37(48)34(23-26-18-20-28(21-19-26)36(47)44-45-40)43-39(49)50-25-33-31-16-9-7-14-29(31)30-15-8-10-17-32(30)33/h4-10,12-18,20-21,24,26,33-34,38,41-42H,2-3,11,19,22-23,25H2,1H3,(H,43,49)(H2,40,44,47)/t26?,34-,38+/m0/s1. The Hall–Kier alpha value is -5.71. The smallest absolute Gasteiger partial charge is 0.407 e. The zero-order valence-electron chi connectivity index (χ0n) is 28.1. The SMILES string of the molecule is CCCCCN(C(=O)[C@H](CC1C=CC(C(=O)NN=N)=CC1)NC(=O)OCC1c2ccccc2-c2ccccc21)[C@@H]1NC=C(c2ccccc2)N1. The Morgan fingerprint density at radius 1 is 0.980 bits per heavy atom. The maximum Gasteiger partial charge on any atom is 0.407 e. The molecule has 3 atom stereocenters. The molecule has 1 heterocycles. The van der Waals surface area contributed by atoms with Crippen LogP contribution in [0.15, 0.2) is 114 Å². The fraction of sp³-hybridized carbons (Fsp3) is 0.308. The van der Waals surface area contributed by atoms with Gasteiger partial charge in [-0.25, -0.2) is 10.2 Å². The number of nitrogens with one attached hydrogen (secondary N) is 5. The number of carbonyl (C=O) groups is 3. The largest absolute Gasteiger partial charge is 0.449 e. The van der Waals surface area contributed by atoms with Gasteiger partial charge < -0.3 is 25.6 Å². The summed E-state index contributed by atoms with van der Waals surface area (Å²) in [6.45, 7) is 2.73. The summed E-state index contributed by atoms with van der Waals surface area (Å²) in [5, 5.41) is 12.7. The lowest BCUT2D eigenvalue weighted by atomic mass is 9.90. The lowest BCUT2D eigenvalue weighted by Gasteiger charge is -2.34. The van der Waals surface area contributed by atoms with Crippen molar-refractivity contribution in [3.8, 4) is 11.1 Å². The number of amides is 3. The van der Waals surface area contributed by atoms with Crippen LogP contribution in [0, 0.1) is 11.4 Å². The number of benzene rings is 3. The molecule has 3 aromatic rings. The minimum atomic E-state index is -0.904. The molecule has 0 saturated carbocycles. The summed E-state index contributed by atoms with van der Waals surface area (Å²) in [5.41, 5.74) is 15.8. The van der Waals surface area contributed by atoms with Gasteiger partial charge in [0.1, 0.15) is 12.6 Å². The van der Waals surface area contributed by atoms with Gasteiger partial charge in [0.05, 0.1) is 5.70 Å². The number of hydrogen-bond donors (Lipinski definition) is 5. The van der Waals surface area contributed by atoms with Crippen molar-refractivity contribution in [2.24, 2.45) is 11.1 Å². The van der Waals surface area contributed by atoms with Gasteiger partial charge >= 0.3 is 6.09 Å². The molecule has 3 amide bonds. The van der Waals surface area contributed by atoms with Gasteiger partial charge in [0.15, 0.2) is 6.29 Å². The van der Waals surface area contributed by atoms with E-state index in [1.165, 1.54) is 0 Å². The van der Waals surface area contributed by atoms with E-state index in [2.05, 4.69) is 57.8 Å². The van der Waals surface area contributed by atoms with Crippen molar-refractivity contribution in [1.29, 1.82) is 5.53 Å². The Morgan fingerprint density at radius 3 is 2.34 bits per heavy atom. The number of carbonyl (C=O) groups excluding carboxylic acids is 3. The van der Waals surface area contributed by atoms with E-state index < -0.39 is 24.3 Å². The summed E-state index contributed by atoms with van der Waals surface area (Å²) < 4.78 is 5.89. The summed E-state index contributed by atoms with van der Waals surface area (Å²) in [7, 11) is 0. The van der Waals surface area contributed by atoms with E-state index in [0.717, 1.165) is 52.8 Å². The molecule has 5 N–H and O–H groups in total. The molecule has 3 aromatic carbocycles. The molecule has 0 bridgehead atoms. The van der Waals surface area contributed by atoms with Crippen molar-refractivity contribution >= 4 is 23.6 Å². The Kier molecular flexibility index (Phi) is 11.0. The molecule has 2 aliphatic carbocycles. The van der Waals surface area contributed by atoms with Crippen LogP contribution in [0.5, 0.6) is 0 Å². The summed E-state index contributed by atoms with van der Waals surface area (Å²) in [5.74, 6) is -0.964. The summed E-state index contributed by atoms with van der Waals surface area (Å²) in [6, 6.07) is 25.3. The van der Waals surface area contributed by atoms with Crippen molar-refractivity contribution in [2.45, 2.75) is 57.3 Å². The van der Waals surface area contributed by atoms with E-state index in [4.69, 9.17) is 10.3 Å². The molecule has 258 valence electrons. The average molecular weight is 674 g/mol. The van der Waals surface area contributed by atoms with E-state index in [-0.39, 0.29) is 24.3 Å². The number of unbranched alkanes of at least 4 members (excludes halogenated alkanes) is 2. The second-order valence-electron chi connectivity index (χ2n) is 12.7. The quantitative estimate of drug-likeness (QED) is 0.0766. The molecule has 0 spiro atoms. The van der Waals surface area contributed by atoms with E-state index in [9.17, 15) is 14.4 Å². The van der Waals surface area contributed by atoms with Crippen LogP contribution >= 0.6 is 0 Å². The van der Waals surface area contributed by atoms with Crippen LogP contribution in [-0.2, 0) is 14.3 Å². The van der Waals surface area contributed by atoms with E-state index in [1.54, 1.807) is 17.1 Å². The first kappa shape index (κ1) is 34.2. The van der Waals surface area contributed by atoms with Crippen molar-refractivity contribution in [1.82, 2.24) is 26.3 Å². The fourth-order valence-electron chi connectivity index (χ4n) is 6.87. The third-order valence-corrected chi connectivity index (χ3v) is 9.44. The number of rotatable bonds is 14. The van der Waals surface area contributed by atoms with E-state index in [1.807, 2.05) is 66.9 Å². The van der Waals surface area contributed by atoms with Crippen LogP contribution in [0.25, 0.3) is 16.8 Å². The molecule has 0 radical (unpaired) electrons. The van der Waals surface area contributed by atoms with Crippen molar-refractivity contribution in [2.75, 3.05) is 13.2 Å². The zero-order chi connectivity index (χ0) is 34.9. The molecular weight excluding hydrogens is 630 g/mol. The van der Waals surface area contributed by atoms with Crippen LogP contribution in [-0.4, -0.2) is 48.3 Å². The first-order valence-corrected chi connectivity index (χ1v) is 17.2. The molecule has 0 fully saturated rings. The predicted octanol–water partition coefficient (Wildman–Crippen LogP) is 6.34. The molecule has 3 aliphatic rings. The van der Waals surface area contributed by atoms with Crippen LogP contribution < -0.4 is 21.4 Å². The Morgan fingerprint density at radius 2 is 1.68 bits per heavy atom. The third-order valence-electron chi connectivity index (χ3n) is 9.44. The van der Waals surface area contributed by atoms with Gasteiger partial charge in [-0.3, -0.25) is 9.59 Å². The van der Waals surface area contributed by atoms with Crippen molar-refractivity contribution in [3.05, 3.63) is 126 Å². The molecule has 6 rings (SSSR count). The molecule has 0 aromatic heterocycles. The number of alkyl carbamates (subject to hydrolysis) is 1. The molecule has 11 heteroatoms. The first-order valence-electron chi connectivity index (χ1n) is 17.2. The van der Waals surface area contributed by atoms with Gasteiger partial charge in [-0.05, 0) is 53.0 Å². The van der Waals surface area contributed by atoms with Crippen LogP contribution in [0.3, 0.4) is 0 Å². The number of allylic oxidation sites excluding steroid dienone is 2. The van der Waals surface area contributed by atoms with Crippen LogP contribution in [0.1, 0.15) is 61.6 Å². The summed E-state index contributed by atoms with van der Waals surface area (Å²) >= 11 is 0. The monoisotopic (exact) mass is 673 g/mol. The molecular formula is C39H43N7O4. The maximum absolute atomic E-state index is 14.5. The third kappa shape index (κ3) is 7.78. The molecule has 0 saturated heterocycles. The second kappa shape index (κ2) is 16.1. The highest BCUT2D eigenvalue weighted by Crippen LogP contribution is 2.44. The summed E-state index contributed by atoms with van der Waals surface area (Å²) in [6.07, 6.45) is 9.50. The number of fused-ring (bicyclic) bond motifs is 3. The minimum absolute atomic E-state index is 0.117. The van der Waals surface area contributed by atoms with Gasteiger partial charge in [-0.15, -0.1) is 0 Å². The summed E-state index contributed by atoms with van der Waals surface area (Å²) in [4.78, 5) is 42.1. The molecule has 1 aliphatic heterocycles. The van der Waals surface area contributed by atoms with Gasteiger partial charge in [0.2, 0.25) is 5.91 Å². The average Bonchev–Trinajstić information content (AvgIpc) is 3.76. The highest BCUT2D eigenvalue weighted by Gasteiger charge is 2.35. The zero-order valence-corrected chi connectivity index (χ0v) is 28.1.